The highest BCUT2D eigenvalue weighted by Crippen LogP contribution is 2.38. The lowest BCUT2D eigenvalue weighted by Gasteiger charge is -2.25. The second kappa shape index (κ2) is 3.33. The Labute approximate surface area is 69.4 Å². The Morgan fingerprint density at radius 2 is 1.31 bits per heavy atom. The van der Waals surface area contributed by atoms with E-state index in [4.69, 9.17) is 0 Å². The van der Waals surface area contributed by atoms with E-state index in [1.54, 1.807) is 0 Å². The van der Waals surface area contributed by atoms with Gasteiger partial charge in [0, 0.05) is 14.0 Å². The minimum atomic E-state index is -5.29. The first-order chi connectivity index (χ1) is 5.52. The summed E-state index contributed by atoms with van der Waals surface area (Å²) in [7, 11) is 0.337. The molecule has 0 fully saturated rings. The topological polar surface area (TPSA) is 18.5 Å². The minimum absolute atomic E-state index is 0.251. The van der Waals surface area contributed by atoms with Gasteiger partial charge in [0.25, 0.3) is 0 Å². The smallest absolute Gasteiger partial charge is 0.299 e. The number of methoxy groups -OCH3 is 1. The predicted octanol–water partition coefficient (Wildman–Crippen LogP) is 2.45. The zero-order chi connectivity index (χ0) is 10.9. The fourth-order valence-electron chi connectivity index (χ4n) is 0.281. The summed E-state index contributed by atoms with van der Waals surface area (Å²) in [4.78, 5) is 0. The van der Waals surface area contributed by atoms with Gasteiger partial charge in [0.1, 0.15) is 0 Å². The summed E-state index contributed by atoms with van der Waals surface area (Å²) in [5, 5.41) is 0. The van der Waals surface area contributed by atoms with Crippen molar-refractivity contribution in [3.63, 3.8) is 0 Å². The van der Waals surface area contributed by atoms with Crippen molar-refractivity contribution < 1.29 is 35.8 Å². The summed E-state index contributed by atoms with van der Waals surface area (Å²) in [5.74, 6) is -4.71. The molecule has 80 valence electrons. The van der Waals surface area contributed by atoms with Crippen molar-refractivity contribution in [3.05, 3.63) is 0 Å². The van der Waals surface area contributed by atoms with Crippen LogP contribution in [-0.2, 0) is 9.47 Å². The van der Waals surface area contributed by atoms with Crippen LogP contribution in [0, 0.1) is 0 Å². The molecule has 0 aliphatic carbocycles. The molecule has 0 N–H and O–H groups in total. The van der Waals surface area contributed by atoms with Crippen LogP contribution in [0.1, 0.15) is 6.92 Å². The third-order valence-corrected chi connectivity index (χ3v) is 0.996. The molecular formula is C5H6F6O2. The Balaban J connectivity index is 4.52. The highest BCUT2D eigenvalue weighted by molar-refractivity contribution is 4.71. The molecule has 0 aliphatic rings. The monoisotopic (exact) mass is 212 g/mol. The molecule has 0 amide bonds. The molecule has 0 radical (unpaired) electrons. The van der Waals surface area contributed by atoms with Crippen LogP contribution in [0.15, 0.2) is 0 Å². The van der Waals surface area contributed by atoms with Crippen LogP contribution >= 0.6 is 0 Å². The van der Waals surface area contributed by atoms with Crippen molar-refractivity contribution in [1.82, 2.24) is 0 Å². The summed E-state index contributed by atoms with van der Waals surface area (Å²) in [6, 6.07) is 0. The van der Waals surface area contributed by atoms with E-state index < -0.39 is 18.3 Å². The molecule has 13 heavy (non-hydrogen) atoms. The van der Waals surface area contributed by atoms with E-state index in [2.05, 4.69) is 9.47 Å². The van der Waals surface area contributed by atoms with E-state index in [9.17, 15) is 26.3 Å². The molecule has 0 rings (SSSR count). The quantitative estimate of drug-likeness (QED) is 0.526. The molecule has 8 heteroatoms. The number of rotatable bonds is 4. The van der Waals surface area contributed by atoms with Gasteiger partial charge in [0.15, 0.2) is 0 Å². The standard InChI is InChI=1S/C5H6F6O2/c1-3(6,7)4(8,9)13-5(10,11)12-2/h1-2H3. The normalized spacial score (nSPS) is 14.8. The number of alkyl halides is 6. The van der Waals surface area contributed by atoms with Gasteiger partial charge in [-0.2, -0.15) is 17.6 Å². The van der Waals surface area contributed by atoms with E-state index >= 15 is 0 Å². The van der Waals surface area contributed by atoms with E-state index in [-0.39, 0.29) is 6.92 Å². The molecule has 0 aromatic heterocycles. The van der Waals surface area contributed by atoms with E-state index in [0.29, 0.717) is 7.11 Å². The largest absolute Gasteiger partial charge is 0.490 e. The van der Waals surface area contributed by atoms with Gasteiger partial charge in [0.05, 0.1) is 0 Å². The van der Waals surface area contributed by atoms with Crippen molar-refractivity contribution >= 4 is 0 Å². The summed E-state index contributed by atoms with van der Waals surface area (Å²) in [6.45, 7) is -0.251. The van der Waals surface area contributed by atoms with Gasteiger partial charge < -0.3 is 0 Å². The van der Waals surface area contributed by atoms with Crippen molar-refractivity contribution in [2.75, 3.05) is 7.11 Å². The minimum Gasteiger partial charge on any atom is -0.299 e. The van der Waals surface area contributed by atoms with Gasteiger partial charge in [-0.05, 0) is 0 Å². The maximum absolute atomic E-state index is 12.1. The molecule has 0 heterocycles. The lowest BCUT2D eigenvalue weighted by Crippen LogP contribution is -2.45. The molecular weight excluding hydrogens is 206 g/mol. The predicted molar refractivity (Wildman–Crippen MR) is 28.6 cm³/mol. The van der Waals surface area contributed by atoms with E-state index in [0.717, 1.165) is 0 Å². The zero-order valence-electron chi connectivity index (χ0n) is 6.58. The zero-order valence-corrected chi connectivity index (χ0v) is 6.58. The summed E-state index contributed by atoms with van der Waals surface area (Å²) in [6.07, 6.45) is -10.0. The van der Waals surface area contributed by atoms with E-state index in [1.807, 2.05) is 0 Å². The van der Waals surface area contributed by atoms with Crippen LogP contribution in [-0.4, -0.2) is 25.4 Å². The number of hydrogen-bond donors (Lipinski definition) is 0. The fraction of sp³-hybridized carbons (Fsp3) is 1.00. The summed E-state index contributed by atoms with van der Waals surface area (Å²) >= 11 is 0. The van der Waals surface area contributed by atoms with Crippen molar-refractivity contribution in [2.45, 2.75) is 25.2 Å². The molecule has 0 atom stereocenters. The maximum Gasteiger partial charge on any atom is 0.490 e. The molecule has 0 unspecified atom stereocenters. The Hall–Kier alpha value is -0.500. The lowest BCUT2D eigenvalue weighted by atomic mass is 10.4. The third kappa shape index (κ3) is 3.39. The van der Waals surface area contributed by atoms with Crippen LogP contribution in [0.2, 0.25) is 0 Å². The Morgan fingerprint density at radius 3 is 1.54 bits per heavy atom. The third-order valence-electron chi connectivity index (χ3n) is 0.996. The molecule has 0 bridgehead atoms. The maximum atomic E-state index is 12.1. The van der Waals surface area contributed by atoms with Crippen LogP contribution in [0.25, 0.3) is 0 Å². The Morgan fingerprint density at radius 1 is 0.923 bits per heavy atom. The van der Waals surface area contributed by atoms with Gasteiger partial charge in [0.2, 0.25) is 0 Å². The molecule has 0 aromatic rings. The average Bonchev–Trinajstić information content (AvgIpc) is 1.83. The van der Waals surface area contributed by atoms with Gasteiger partial charge in [-0.1, -0.05) is 0 Å². The second-order valence-electron chi connectivity index (χ2n) is 2.17. The highest BCUT2D eigenvalue weighted by atomic mass is 19.3. The molecule has 0 aromatic carbocycles. The Kier molecular flexibility index (Phi) is 3.21. The van der Waals surface area contributed by atoms with E-state index in [1.165, 1.54) is 0 Å². The summed E-state index contributed by atoms with van der Waals surface area (Å²) < 4.78 is 77.4. The first-order valence-corrected chi connectivity index (χ1v) is 2.90. The second-order valence-corrected chi connectivity index (χ2v) is 2.17. The number of ether oxygens (including phenoxy) is 2. The van der Waals surface area contributed by atoms with Crippen molar-refractivity contribution in [2.24, 2.45) is 0 Å². The van der Waals surface area contributed by atoms with Crippen LogP contribution in [0.4, 0.5) is 26.3 Å². The molecule has 2 nitrogen and oxygen atoms in total. The Bertz CT molecular complexity index is 174. The number of halogens is 6. The molecule has 0 saturated carbocycles. The van der Waals surface area contributed by atoms with Crippen LogP contribution < -0.4 is 0 Å². The first-order valence-electron chi connectivity index (χ1n) is 2.90. The average molecular weight is 212 g/mol. The molecule has 0 saturated heterocycles. The highest BCUT2D eigenvalue weighted by Gasteiger charge is 2.59. The van der Waals surface area contributed by atoms with Gasteiger partial charge in [-0.3, -0.25) is 4.74 Å². The van der Waals surface area contributed by atoms with Gasteiger partial charge >= 0.3 is 18.3 Å². The number of hydrogen-bond acceptors (Lipinski definition) is 2. The van der Waals surface area contributed by atoms with Crippen molar-refractivity contribution in [3.8, 4) is 0 Å². The van der Waals surface area contributed by atoms with Crippen LogP contribution in [0.3, 0.4) is 0 Å². The van der Waals surface area contributed by atoms with Crippen LogP contribution in [0.5, 0.6) is 0 Å². The molecule has 0 spiro atoms. The molecule has 0 aliphatic heterocycles. The van der Waals surface area contributed by atoms with Crippen molar-refractivity contribution in [1.29, 1.82) is 0 Å². The fourth-order valence-corrected chi connectivity index (χ4v) is 0.281. The SMILES string of the molecule is COC(F)(F)OC(F)(F)C(C)(F)F. The lowest BCUT2D eigenvalue weighted by molar-refractivity contribution is -0.490. The first kappa shape index (κ1) is 12.5. The van der Waals surface area contributed by atoms with Gasteiger partial charge in [-0.25, -0.2) is 4.74 Å². The van der Waals surface area contributed by atoms with Gasteiger partial charge in [-0.15, -0.1) is 8.78 Å². The summed E-state index contributed by atoms with van der Waals surface area (Å²) in [5.41, 5.74) is 0.